The van der Waals surface area contributed by atoms with Gasteiger partial charge >= 0.3 is 6.03 Å². The quantitative estimate of drug-likeness (QED) is 0.890. The molecule has 19 heavy (non-hydrogen) atoms. The fourth-order valence-corrected chi connectivity index (χ4v) is 2.27. The monoisotopic (exact) mass is 262 g/mol. The summed E-state index contributed by atoms with van der Waals surface area (Å²) in [5.74, 6) is 0. The fourth-order valence-electron chi connectivity index (χ4n) is 2.27. The number of rotatable bonds is 4. The van der Waals surface area contributed by atoms with Crippen molar-refractivity contribution in [3.05, 3.63) is 30.1 Å². The molecule has 104 valence electrons. The topological polar surface area (TPSA) is 48.5 Å². The molecular weight excluding hydrogens is 240 g/mol. The van der Waals surface area contributed by atoms with E-state index in [1.807, 2.05) is 23.1 Å². The van der Waals surface area contributed by atoms with Gasteiger partial charge in [0.2, 0.25) is 0 Å². The third-order valence-electron chi connectivity index (χ3n) is 3.35. The van der Waals surface area contributed by atoms with Gasteiger partial charge in [0.1, 0.15) is 0 Å². The molecule has 2 heterocycles. The molecule has 1 N–H and O–H groups in total. The Morgan fingerprint density at radius 2 is 2.11 bits per heavy atom. The molecular formula is C14H22N4O. The molecule has 1 aliphatic rings. The summed E-state index contributed by atoms with van der Waals surface area (Å²) in [5.41, 5.74) is 0.889. The minimum Gasteiger partial charge on any atom is -0.332 e. The average Bonchev–Trinajstić information content (AvgIpc) is 2.47. The van der Waals surface area contributed by atoms with Crippen LogP contribution in [0.3, 0.4) is 0 Å². The Bertz CT molecular complexity index is 388. The second kappa shape index (κ2) is 7.09. The second-order valence-electron chi connectivity index (χ2n) is 4.81. The van der Waals surface area contributed by atoms with E-state index >= 15 is 0 Å². The molecule has 0 saturated carbocycles. The summed E-state index contributed by atoms with van der Waals surface area (Å²) < 4.78 is 0. The van der Waals surface area contributed by atoms with E-state index in [4.69, 9.17) is 0 Å². The first-order chi connectivity index (χ1) is 9.29. The number of carbonyl (C=O) groups is 1. The van der Waals surface area contributed by atoms with Gasteiger partial charge in [-0.2, -0.15) is 0 Å². The summed E-state index contributed by atoms with van der Waals surface area (Å²) in [6, 6.07) is 5.73. The SMILES string of the molecule is CCCN1CCN(C(=O)NCc2ccccn2)CC1. The van der Waals surface area contributed by atoms with Gasteiger partial charge < -0.3 is 10.2 Å². The molecule has 0 spiro atoms. The number of urea groups is 1. The lowest BCUT2D eigenvalue weighted by Crippen LogP contribution is -2.51. The highest BCUT2D eigenvalue weighted by atomic mass is 16.2. The molecule has 0 aliphatic carbocycles. The van der Waals surface area contributed by atoms with Crippen molar-refractivity contribution < 1.29 is 4.79 Å². The van der Waals surface area contributed by atoms with Crippen LogP contribution in [-0.4, -0.2) is 53.5 Å². The number of hydrogen-bond acceptors (Lipinski definition) is 3. The zero-order valence-corrected chi connectivity index (χ0v) is 11.5. The molecule has 2 rings (SSSR count). The first-order valence-electron chi connectivity index (χ1n) is 6.94. The summed E-state index contributed by atoms with van der Waals surface area (Å²) in [4.78, 5) is 20.5. The summed E-state index contributed by atoms with van der Waals surface area (Å²) in [6.07, 6.45) is 2.91. The molecule has 1 saturated heterocycles. The van der Waals surface area contributed by atoms with Gasteiger partial charge in [-0.3, -0.25) is 9.88 Å². The van der Waals surface area contributed by atoms with Gasteiger partial charge in [-0.1, -0.05) is 13.0 Å². The van der Waals surface area contributed by atoms with Crippen molar-refractivity contribution in [2.75, 3.05) is 32.7 Å². The molecule has 2 amide bonds. The van der Waals surface area contributed by atoms with Gasteiger partial charge in [0.15, 0.2) is 0 Å². The minimum atomic E-state index is 0.0156. The first-order valence-corrected chi connectivity index (χ1v) is 6.94. The highest BCUT2D eigenvalue weighted by molar-refractivity contribution is 5.74. The van der Waals surface area contributed by atoms with Gasteiger partial charge in [-0.15, -0.1) is 0 Å². The number of carbonyl (C=O) groups excluding carboxylic acids is 1. The molecule has 0 bridgehead atoms. The maximum Gasteiger partial charge on any atom is 0.317 e. The Kier molecular flexibility index (Phi) is 5.15. The lowest BCUT2D eigenvalue weighted by atomic mass is 10.3. The molecule has 0 unspecified atom stereocenters. The minimum absolute atomic E-state index is 0.0156. The Labute approximate surface area is 114 Å². The number of aromatic nitrogens is 1. The smallest absolute Gasteiger partial charge is 0.317 e. The van der Waals surface area contributed by atoms with Crippen LogP contribution >= 0.6 is 0 Å². The Hall–Kier alpha value is -1.62. The highest BCUT2D eigenvalue weighted by Gasteiger charge is 2.20. The van der Waals surface area contributed by atoms with Crippen LogP contribution in [0.5, 0.6) is 0 Å². The normalized spacial score (nSPS) is 16.4. The van der Waals surface area contributed by atoms with Gasteiger partial charge in [-0.05, 0) is 25.1 Å². The van der Waals surface area contributed by atoms with Crippen LogP contribution < -0.4 is 5.32 Å². The third kappa shape index (κ3) is 4.21. The van der Waals surface area contributed by atoms with E-state index < -0.39 is 0 Å². The Balaban J connectivity index is 1.73. The molecule has 5 nitrogen and oxygen atoms in total. The summed E-state index contributed by atoms with van der Waals surface area (Å²) >= 11 is 0. The van der Waals surface area contributed by atoms with Gasteiger partial charge in [0.25, 0.3) is 0 Å². The second-order valence-corrected chi connectivity index (χ2v) is 4.81. The molecule has 1 fully saturated rings. The van der Waals surface area contributed by atoms with Crippen molar-refractivity contribution in [3.63, 3.8) is 0 Å². The van der Waals surface area contributed by atoms with E-state index in [1.54, 1.807) is 6.20 Å². The molecule has 1 aromatic rings. The van der Waals surface area contributed by atoms with Gasteiger partial charge in [0.05, 0.1) is 12.2 Å². The summed E-state index contributed by atoms with van der Waals surface area (Å²) in [6.45, 7) is 7.39. The standard InChI is InChI=1S/C14H22N4O/c1-2-7-17-8-10-18(11-9-17)14(19)16-12-13-5-3-4-6-15-13/h3-6H,2,7-12H2,1H3,(H,16,19). The van der Waals surface area contributed by atoms with E-state index in [-0.39, 0.29) is 6.03 Å². The van der Waals surface area contributed by atoms with Crippen LogP contribution in [0.25, 0.3) is 0 Å². The maximum atomic E-state index is 12.0. The number of nitrogens with zero attached hydrogens (tertiary/aromatic N) is 3. The van der Waals surface area contributed by atoms with Crippen LogP contribution in [-0.2, 0) is 6.54 Å². The number of amides is 2. The van der Waals surface area contributed by atoms with Crippen LogP contribution in [0.2, 0.25) is 0 Å². The van der Waals surface area contributed by atoms with E-state index in [0.717, 1.165) is 38.4 Å². The van der Waals surface area contributed by atoms with E-state index in [9.17, 15) is 4.79 Å². The lowest BCUT2D eigenvalue weighted by Gasteiger charge is -2.34. The largest absolute Gasteiger partial charge is 0.332 e. The van der Waals surface area contributed by atoms with E-state index in [0.29, 0.717) is 6.54 Å². The van der Waals surface area contributed by atoms with E-state index in [1.165, 1.54) is 6.42 Å². The zero-order chi connectivity index (χ0) is 13.5. The van der Waals surface area contributed by atoms with Crippen LogP contribution in [0.4, 0.5) is 4.79 Å². The number of hydrogen-bond donors (Lipinski definition) is 1. The van der Waals surface area contributed by atoms with Crippen LogP contribution in [0.15, 0.2) is 24.4 Å². The number of pyridine rings is 1. The molecule has 0 radical (unpaired) electrons. The van der Waals surface area contributed by atoms with Crippen molar-refractivity contribution in [1.29, 1.82) is 0 Å². The fraction of sp³-hybridized carbons (Fsp3) is 0.571. The predicted molar refractivity (Wildman–Crippen MR) is 74.8 cm³/mol. The molecule has 0 atom stereocenters. The Morgan fingerprint density at radius 1 is 1.32 bits per heavy atom. The summed E-state index contributed by atoms with van der Waals surface area (Å²) in [7, 11) is 0. The molecule has 5 heteroatoms. The molecule has 1 aliphatic heterocycles. The van der Waals surface area contributed by atoms with Crippen LogP contribution in [0, 0.1) is 0 Å². The van der Waals surface area contributed by atoms with Crippen LogP contribution in [0.1, 0.15) is 19.0 Å². The van der Waals surface area contributed by atoms with Crippen molar-refractivity contribution in [3.8, 4) is 0 Å². The third-order valence-corrected chi connectivity index (χ3v) is 3.35. The van der Waals surface area contributed by atoms with Crippen molar-refractivity contribution >= 4 is 6.03 Å². The van der Waals surface area contributed by atoms with Gasteiger partial charge in [0, 0.05) is 32.4 Å². The Morgan fingerprint density at radius 3 is 2.74 bits per heavy atom. The number of nitrogens with one attached hydrogen (secondary N) is 1. The average molecular weight is 262 g/mol. The zero-order valence-electron chi connectivity index (χ0n) is 11.5. The molecule has 1 aromatic heterocycles. The highest BCUT2D eigenvalue weighted by Crippen LogP contribution is 2.03. The maximum absolute atomic E-state index is 12.0. The summed E-state index contributed by atoms with van der Waals surface area (Å²) in [5, 5.41) is 2.92. The molecule has 0 aromatic carbocycles. The lowest BCUT2D eigenvalue weighted by molar-refractivity contribution is 0.139. The first kappa shape index (κ1) is 13.8. The van der Waals surface area contributed by atoms with Gasteiger partial charge in [-0.25, -0.2) is 4.79 Å². The van der Waals surface area contributed by atoms with Crippen molar-refractivity contribution in [2.24, 2.45) is 0 Å². The van der Waals surface area contributed by atoms with Crippen molar-refractivity contribution in [2.45, 2.75) is 19.9 Å². The predicted octanol–water partition coefficient (Wildman–Crippen LogP) is 1.32. The van der Waals surface area contributed by atoms with E-state index in [2.05, 4.69) is 22.1 Å². The number of piperazine rings is 1. The van der Waals surface area contributed by atoms with Crippen molar-refractivity contribution in [1.82, 2.24) is 20.1 Å².